The zero-order valence-corrected chi connectivity index (χ0v) is 13.6. The molecule has 0 saturated carbocycles. The minimum Gasteiger partial charge on any atom is -0.394 e. The number of halogens is 1. The van der Waals surface area contributed by atoms with Crippen molar-refractivity contribution in [2.75, 3.05) is 6.61 Å². The number of hydrogen-bond acceptors (Lipinski definition) is 8. The van der Waals surface area contributed by atoms with Crippen LogP contribution in [0.2, 0.25) is 0 Å². The summed E-state index contributed by atoms with van der Waals surface area (Å²) in [6.07, 6.45) is -3.54. The molecule has 1 saturated heterocycles. The van der Waals surface area contributed by atoms with Gasteiger partial charge in [0, 0.05) is 12.4 Å². The first-order valence-electron chi connectivity index (χ1n) is 7.65. The molecule has 0 unspecified atom stereocenters. The number of aryl methyl sites for hydroxylation is 1. The Kier molecular flexibility index (Phi) is 4.76. The predicted molar refractivity (Wildman–Crippen MR) is 84.7 cm³/mol. The molecule has 0 radical (unpaired) electrons. The van der Waals surface area contributed by atoms with Crippen molar-refractivity contribution >= 4 is 5.91 Å². The van der Waals surface area contributed by atoms with E-state index in [0.29, 0.717) is 5.82 Å². The molecule has 1 amide bonds. The third-order valence-electron chi connectivity index (χ3n) is 4.00. The van der Waals surface area contributed by atoms with Crippen molar-refractivity contribution < 1.29 is 24.1 Å². The number of amides is 1. The maximum Gasteiger partial charge on any atom is 0.350 e. The van der Waals surface area contributed by atoms with Gasteiger partial charge in [0.25, 0.3) is 5.91 Å². The van der Waals surface area contributed by atoms with Crippen LogP contribution >= 0.6 is 0 Å². The number of rotatable bonds is 4. The molecule has 4 atom stereocenters. The SMILES string of the molecule is Cc1ncc(-c2ccn([C@H]3O[C@H](CO)[C@@H](O)[C@H]3F)c(=O)n2)c(C(N)=O)n1. The molecule has 3 heterocycles. The molecule has 0 bridgehead atoms. The molecule has 11 heteroatoms. The van der Waals surface area contributed by atoms with Gasteiger partial charge < -0.3 is 20.7 Å². The van der Waals surface area contributed by atoms with Crippen molar-refractivity contribution in [3.8, 4) is 11.3 Å². The van der Waals surface area contributed by atoms with E-state index >= 15 is 0 Å². The Morgan fingerprint density at radius 1 is 1.46 bits per heavy atom. The quantitative estimate of drug-likeness (QED) is 0.604. The highest BCUT2D eigenvalue weighted by molar-refractivity contribution is 5.97. The number of carbonyl (C=O) groups excluding carboxylic acids is 1. The van der Waals surface area contributed by atoms with E-state index in [4.69, 9.17) is 15.6 Å². The van der Waals surface area contributed by atoms with Crippen LogP contribution in [0.15, 0.2) is 23.3 Å². The van der Waals surface area contributed by atoms with Crippen LogP contribution in [0.5, 0.6) is 0 Å². The number of ether oxygens (including phenoxy) is 1. The van der Waals surface area contributed by atoms with E-state index in [9.17, 15) is 19.1 Å². The summed E-state index contributed by atoms with van der Waals surface area (Å²) in [6, 6.07) is 1.34. The molecule has 3 rings (SSSR count). The summed E-state index contributed by atoms with van der Waals surface area (Å²) in [4.78, 5) is 35.6. The van der Waals surface area contributed by atoms with Gasteiger partial charge in [0.05, 0.1) is 17.9 Å². The van der Waals surface area contributed by atoms with Crippen LogP contribution in [0.4, 0.5) is 4.39 Å². The number of aliphatic hydroxyl groups excluding tert-OH is 2. The van der Waals surface area contributed by atoms with Gasteiger partial charge in [-0.2, -0.15) is 4.98 Å². The summed E-state index contributed by atoms with van der Waals surface area (Å²) in [6.45, 7) is 0.977. The normalized spacial score (nSPS) is 25.4. The zero-order chi connectivity index (χ0) is 19.0. The number of aliphatic hydroxyl groups is 2. The maximum absolute atomic E-state index is 14.2. The fraction of sp³-hybridized carbons (Fsp3) is 0.400. The number of aromatic nitrogens is 4. The second-order valence-corrected chi connectivity index (χ2v) is 5.73. The summed E-state index contributed by atoms with van der Waals surface area (Å²) in [7, 11) is 0. The van der Waals surface area contributed by atoms with Gasteiger partial charge in [0.15, 0.2) is 12.4 Å². The largest absolute Gasteiger partial charge is 0.394 e. The van der Waals surface area contributed by atoms with Crippen LogP contribution in [0, 0.1) is 6.92 Å². The Balaban J connectivity index is 2.00. The van der Waals surface area contributed by atoms with Gasteiger partial charge in [-0.15, -0.1) is 0 Å². The monoisotopic (exact) mass is 365 g/mol. The van der Waals surface area contributed by atoms with Crippen molar-refractivity contribution in [2.24, 2.45) is 5.73 Å². The van der Waals surface area contributed by atoms with Crippen molar-refractivity contribution in [1.29, 1.82) is 0 Å². The Bertz CT molecular complexity index is 904. The van der Waals surface area contributed by atoms with Gasteiger partial charge >= 0.3 is 5.69 Å². The maximum atomic E-state index is 14.2. The first-order valence-corrected chi connectivity index (χ1v) is 7.65. The molecule has 0 spiro atoms. The Hall–Kier alpha value is -2.76. The van der Waals surface area contributed by atoms with Crippen LogP contribution in [0.25, 0.3) is 11.3 Å². The van der Waals surface area contributed by atoms with Crippen LogP contribution in [0.3, 0.4) is 0 Å². The molecule has 26 heavy (non-hydrogen) atoms. The molecule has 0 aromatic carbocycles. The third-order valence-corrected chi connectivity index (χ3v) is 4.00. The Morgan fingerprint density at radius 2 is 2.19 bits per heavy atom. The molecule has 1 fully saturated rings. The molecule has 0 aliphatic carbocycles. The van der Waals surface area contributed by atoms with E-state index < -0.39 is 42.8 Å². The lowest BCUT2D eigenvalue weighted by atomic mass is 10.1. The van der Waals surface area contributed by atoms with E-state index in [-0.39, 0.29) is 17.0 Å². The average Bonchev–Trinajstić information content (AvgIpc) is 2.89. The van der Waals surface area contributed by atoms with Crippen LogP contribution in [-0.4, -0.2) is 60.6 Å². The molecule has 1 aliphatic heterocycles. The van der Waals surface area contributed by atoms with Gasteiger partial charge in [-0.05, 0) is 13.0 Å². The number of hydrogen-bond donors (Lipinski definition) is 3. The molecule has 4 N–H and O–H groups in total. The third kappa shape index (κ3) is 3.07. The number of nitrogens with two attached hydrogens (primary N) is 1. The van der Waals surface area contributed by atoms with Gasteiger partial charge in [0.1, 0.15) is 23.7 Å². The molecule has 138 valence electrons. The molecule has 2 aromatic rings. The smallest absolute Gasteiger partial charge is 0.350 e. The van der Waals surface area contributed by atoms with Gasteiger partial charge in [0.2, 0.25) is 0 Å². The van der Waals surface area contributed by atoms with E-state index in [2.05, 4.69) is 15.0 Å². The highest BCUT2D eigenvalue weighted by Gasteiger charge is 2.45. The summed E-state index contributed by atoms with van der Waals surface area (Å²) < 4.78 is 20.2. The molecule has 1 aliphatic rings. The van der Waals surface area contributed by atoms with Crippen LogP contribution < -0.4 is 11.4 Å². The second kappa shape index (κ2) is 6.86. The predicted octanol–water partition coefficient (Wildman–Crippen LogP) is -1.30. The van der Waals surface area contributed by atoms with E-state index in [1.807, 2.05) is 0 Å². The Morgan fingerprint density at radius 3 is 2.77 bits per heavy atom. The summed E-state index contributed by atoms with van der Waals surface area (Å²) in [5.41, 5.74) is 4.55. The minimum absolute atomic E-state index is 0.0766. The van der Waals surface area contributed by atoms with Crippen LogP contribution in [0.1, 0.15) is 22.5 Å². The lowest BCUT2D eigenvalue weighted by molar-refractivity contribution is -0.0491. The van der Waals surface area contributed by atoms with E-state index in [1.165, 1.54) is 18.5 Å². The van der Waals surface area contributed by atoms with Gasteiger partial charge in [-0.3, -0.25) is 9.36 Å². The fourth-order valence-corrected chi connectivity index (χ4v) is 2.68. The molecular weight excluding hydrogens is 349 g/mol. The molecule has 2 aromatic heterocycles. The molecule has 10 nitrogen and oxygen atoms in total. The van der Waals surface area contributed by atoms with Crippen molar-refractivity contribution in [2.45, 2.75) is 31.5 Å². The lowest BCUT2D eigenvalue weighted by Gasteiger charge is -2.16. The first kappa shape index (κ1) is 18.0. The lowest BCUT2D eigenvalue weighted by Crippen LogP contribution is -2.33. The summed E-state index contributed by atoms with van der Waals surface area (Å²) >= 11 is 0. The summed E-state index contributed by atoms with van der Waals surface area (Å²) in [5.74, 6) is -0.493. The van der Waals surface area contributed by atoms with Gasteiger partial charge in [-0.25, -0.2) is 19.2 Å². The van der Waals surface area contributed by atoms with Crippen molar-refractivity contribution in [3.63, 3.8) is 0 Å². The number of primary amides is 1. The Labute approximate surface area is 146 Å². The van der Waals surface area contributed by atoms with Gasteiger partial charge in [-0.1, -0.05) is 0 Å². The van der Waals surface area contributed by atoms with E-state index in [0.717, 1.165) is 4.57 Å². The average molecular weight is 365 g/mol. The zero-order valence-electron chi connectivity index (χ0n) is 13.6. The first-order chi connectivity index (χ1) is 12.3. The van der Waals surface area contributed by atoms with Crippen molar-refractivity contribution in [1.82, 2.24) is 19.5 Å². The van der Waals surface area contributed by atoms with Crippen molar-refractivity contribution in [3.05, 3.63) is 40.5 Å². The highest BCUT2D eigenvalue weighted by atomic mass is 19.1. The number of nitrogens with zero attached hydrogens (tertiary/aromatic N) is 4. The number of carbonyl (C=O) groups is 1. The second-order valence-electron chi connectivity index (χ2n) is 5.73. The highest BCUT2D eigenvalue weighted by Crippen LogP contribution is 2.31. The summed E-state index contributed by atoms with van der Waals surface area (Å²) in [5, 5.41) is 18.7. The molecular formula is C15H16FN5O5. The number of alkyl halides is 1. The fourth-order valence-electron chi connectivity index (χ4n) is 2.68. The van der Waals surface area contributed by atoms with E-state index in [1.54, 1.807) is 6.92 Å². The van der Waals surface area contributed by atoms with Crippen LogP contribution in [-0.2, 0) is 4.74 Å². The standard InChI is InChI=1S/C15H16FN5O5/c1-6-18-4-7(11(19-6)13(17)24)8-2-3-21(15(25)20-8)14-10(16)12(23)9(5-22)26-14/h2-4,9-10,12,14,22-23H,5H2,1H3,(H2,17,24)/t9-,10-,12-,14+/m1/s1. The minimum atomic E-state index is -1.92. The topological polar surface area (TPSA) is 153 Å².